The average molecular weight is 359 g/mol. The zero-order valence-corrected chi connectivity index (χ0v) is 14.6. The molecule has 1 aromatic heterocycles. The molecule has 0 aliphatic carbocycles. The smallest absolute Gasteiger partial charge is 0.236 e. The minimum atomic E-state index is 0.0258. The van der Waals surface area contributed by atoms with Crippen molar-refractivity contribution in [2.45, 2.75) is 32.9 Å². The first kappa shape index (κ1) is 17.9. The molecule has 0 aliphatic rings. The number of aromatic nitrogens is 2. The van der Waals surface area contributed by atoms with Gasteiger partial charge in [0, 0.05) is 23.2 Å². The summed E-state index contributed by atoms with van der Waals surface area (Å²) >= 11 is 11.9. The second kappa shape index (κ2) is 8.43. The third-order valence-corrected chi connectivity index (χ3v) is 3.53. The number of benzene rings is 1. The van der Waals surface area contributed by atoms with Gasteiger partial charge in [-0.3, -0.25) is 4.68 Å². The number of rotatable bonds is 8. The van der Waals surface area contributed by atoms with E-state index in [9.17, 15) is 0 Å². The van der Waals surface area contributed by atoms with Crippen LogP contribution in [-0.2, 0) is 13.0 Å². The Morgan fingerprint density at radius 2 is 2.09 bits per heavy atom. The van der Waals surface area contributed by atoms with Crippen molar-refractivity contribution in [2.75, 3.05) is 13.2 Å². The van der Waals surface area contributed by atoms with Gasteiger partial charge in [-0.1, -0.05) is 23.2 Å². The Bertz CT molecular complexity index is 644. The Morgan fingerprint density at radius 1 is 1.30 bits per heavy atom. The highest BCUT2D eigenvalue weighted by atomic mass is 35.5. The van der Waals surface area contributed by atoms with Crippen LogP contribution in [0.15, 0.2) is 24.4 Å². The second-order valence-corrected chi connectivity index (χ2v) is 6.13. The average Bonchev–Trinajstić information content (AvgIpc) is 2.83. The Kier molecular flexibility index (Phi) is 6.57. The SMILES string of the molecule is CC(C)Oc1nn(CCO)cc1CCOc1ccc(Cl)cc1Cl. The van der Waals surface area contributed by atoms with E-state index in [1.165, 1.54) is 0 Å². The lowest BCUT2D eigenvalue weighted by Crippen LogP contribution is -2.09. The summed E-state index contributed by atoms with van der Waals surface area (Å²) in [6, 6.07) is 5.12. The Hall–Kier alpha value is -1.43. The van der Waals surface area contributed by atoms with Crippen molar-refractivity contribution in [2.24, 2.45) is 0 Å². The van der Waals surface area contributed by atoms with Gasteiger partial charge in [-0.05, 0) is 32.0 Å². The maximum Gasteiger partial charge on any atom is 0.236 e. The molecule has 1 N–H and O–H groups in total. The lowest BCUT2D eigenvalue weighted by molar-refractivity contribution is 0.222. The molecule has 0 spiro atoms. The van der Waals surface area contributed by atoms with Crippen LogP contribution in [0.3, 0.4) is 0 Å². The number of hydrogen-bond donors (Lipinski definition) is 1. The number of hydrogen-bond acceptors (Lipinski definition) is 4. The minimum Gasteiger partial charge on any atom is -0.492 e. The van der Waals surface area contributed by atoms with Crippen molar-refractivity contribution in [1.29, 1.82) is 0 Å². The summed E-state index contributed by atoms with van der Waals surface area (Å²) < 4.78 is 13.1. The Morgan fingerprint density at radius 3 is 2.74 bits per heavy atom. The zero-order chi connectivity index (χ0) is 16.8. The van der Waals surface area contributed by atoms with Gasteiger partial charge in [0.05, 0.1) is 30.9 Å². The fourth-order valence-electron chi connectivity index (χ4n) is 2.02. The molecule has 2 aromatic rings. The van der Waals surface area contributed by atoms with Crippen LogP contribution in [0.25, 0.3) is 0 Å². The highest BCUT2D eigenvalue weighted by molar-refractivity contribution is 6.35. The highest BCUT2D eigenvalue weighted by Gasteiger charge is 2.12. The molecule has 5 nitrogen and oxygen atoms in total. The number of nitrogens with zero attached hydrogens (tertiary/aromatic N) is 2. The van der Waals surface area contributed by atoms with E-state index in [1.54, 1.807) is 22.9 Å². The van der Waals surface area contributed by atoms with Crippen LogP contribution in [0.4, 0.5) is 0 Å². The van der Waals surface area contributed by atoms with E-state index in [4.69, 9.17) is 37.8 Å². The normalized spacial score (nSPS) is 11.0. The monoisotopic (exact) mass is 358 g/mol. The van der Waals surface area contributed by atoms with Crippen LogP contribution in [0.1, 0.15) is 19.4 Å². The van der Waals surface area contributed by atoms with Gasteiger partial charge in [0.2, 0.25) is 5.88 Å². The molecule has 0 atom stereocenters. The summed E-state index contributed by atoms with van der Waals surface area (Å²) in [6.45, 7) is 4.77. The molecule has 0 amide bonds. The van der Waals surface area contributed by atoms with E-state index >= 15 is 0 Å². The minimum absolute atomic E-state index is 0.0258. The lowest BCUT2D eigenvalue weighted by atomic mass is 10.2. The fourth-order valence-corrected chi connectivity index (χ4v) is 2.48. The molecule has 0 bridgehead atoms. The molecule has 1 heterocycles. The molecule has 1 aromatic carbocycles. The molecule has 7 heteroatoms. The lowest BCUT2D eigenvalue weighted by Gasteiger charge is -2.10. The van der Waals surface area contributed by atoms with Crippen molar-refractivity contribution < 1.29 is 14.6 Å². The third-order valence-electron chi connectivity index (χ3n) is 3.00. The number of aliphatic hydroxyl groups excluding tert-OH is 1. The largest absolute Gasteiger partial charge is 0.492 e. The van der Waals surface area contributed by atoms with Crippen molar-refractivity contribution in [1.82, 2.24) is 9.78 Å². The van der Waals surface area contributed by atoms with Crippen molar-refractivity contribution in [3.63, 3.8) is 0 Å². The maximum atomic E-state index is 9.03. The van der Waals surface area contributed by atoms with E-state index in [-0.39, 0.29) is 12.7 Å². The Labute approximate surface area is 145 Å². The molecule has 126 valence electrons. The quantitative estimate of drug-likeness (QED) is 0.783. The molecule has 2 rings (SSSR count). The van der Waals surface area contributed by atoms with E-state index in [0.717, 1.165) is 5.56 Å². The van der Waals surface area contributed by atoms with E-state index in [1.807, 2.05) is 20.0 Å². The van der Waals surface area contributed by atoms with Gasteiger partial charge < -0.3 is 14.6 Å². The van der Waals surface area contributed by atoms with Crippen molar-refractivity contribution in [3.05, 3.63) is 40.0 Å². The summed E-state index contributed by atoms with van der Waals surface area (Å²) in [5.41, 5.74) is 0.928. The van der Waals surface area contributed by atoms with Crippen LogP contribution in [0.5, 0.6) is 11.6 Å². The van der Waals surface area contributed by atoms with Gasteiger partial charge in [-0.15, -0.1) is 5.10 Å². The highest BCUT2D eigenvalue weighted by Crippen LogP contribution is 2.28. The first-order valence-electron chi connectivity index (χ1n) is 7.41. The van der Waals surface area contributed by atoms with Crippen LogP contribution in [0.2, 0.25) is 10.0 Å². The number of aliphatic hydroxyl groups is 1. The van der Waals surface area contributed by atoms with Crippen LogP contribution in [0, 0.1) is 0 Å². The summed E-state index contributed by atoms with van der Waals surface area (Å²) in [5, 5.41) is 14.4. The molecular weight excluding hydrogens is 339 g/mol. The molecule has 23 heavy (non-hydrogen) atoms. The van der Waals surface area contributed by atoms with E-state index in [0.29, 0.717) is 41.2 Å². The topological polar surface area (TPSA) is 56.5 Å². The zero-order valence-electron chi connectivity index (χ0n) is 13.1. The predicted octanol–water partition coefficient (Wildman–Crippen LogP) is 3.59. The molecule has 0 fully saturated rings. The summed E-state index contributed by atoms with van der Waals surface area (Å²) in [4.78, 5) is 0. The second-order valence-electron chi connectivity index (χ2n) is 5.29. The van der Waals surface area contributed by atoms with Gasteiger partial charge in [0.25, 0.3) is 0 Å². The fraction of sp³-hybridized carbons (Fsp3) is 0.438. The van der Waals surface area contributed by atoms with Crippen LogP contribution in [-0.4, -0.2) is 34.2 Å². The molecule has 0 saturated carbocycles. The maximum absolute atomic E-state index is 9.03. The van der Waals surface area contributed by atoms with Gasteiger partial charge in [-0.25, -0.2) is 0 Å². The van der Waals surface area contributed by atoms with Crippen LogP contribution >= 0.6 is 23.2 Å². The van der Waals surface area contributed by atoms with E-state index in [2.05, 4.69) is 5.10 Å². The van der Waals surface area contributed by atoms with Crippen molar-refractivity contribution in [3.8, 4) is 11.6 Å². The molecule has 0 radical (unpaired) electrons. The summed E-state index contributed by atoms with van der Waals surface area (Å²) in [6.07, 6.45) is 2.51. The molecule has 0 saturated heterocycles. The first-order chi connectivity index (χ1) is 11.0. The van der Waals surface area contributed by atoms with Crippen molar-refractivity contribution >= 4 is 23.2 Å². The number of halogens is 2. The summed E-state index contributed by atoms with van der Waals surface area (Å²) in [7, 11) is 0. The predicted molar refractivity (Wildman–Crippen MR) is 90.7 cm³/mol. The van der Waals surface area contributed by atoms with Gasteiger partial charge in [-0.2, -0.15) is 0 Å². The van der Waals surface area contributed by atoms with E-state index < -0.39 is 0 Å². The molecule has 0 aliphatic heterocycles. The molecular formula is C16H20Cl2N2O3. The first-order valence-corrected chi connectivity index (χ1v) is 8.17. The Balaban J connectivity index is 2.01. The van der Waals surface area contributed by atoms with Gasteiger partial charge in [0.1, 0.15) is 5.75 Å². The standard InChI is InChI=1S/C16H20Cl2N2O3/c1-11(2)23-16-12(10-20(19-16)6-7-21)5-8-22-15-4-3-13(17)9-14(15)18/h3-4,9-11,21H,5-8H2,1-2H3. The number of ether oxygens (including phenoxy) is 2. The molecule has 0 unspecified atom stereocenters. The van der Waals surface area contributed by atoms with Gasteiger partial charge in [0.15, 0.2) is 0 Å². The third kappa shape index (κ3) is 5.30. The van der Waals surface area contributed by atoms with Crippen LogP contribution < -0.4 is 9.47 Å². The summed E-state index contributed by atoms with van der Waals surface area (Å²) in [5.74, 6) is 1.16. The van der Waals surface area contributed by atoms with Gasteiger partial charge >= 0.3 is 0 Å².